The van der Waals surface area contributed by atoms with Gasteiger partial charge in [-0.05, 0) is 51.3 Å². The molecule has 0 bridgehead atoms. The predicted octanol–water partition coefficient (Wildman–Crippen LogP) is 2.34. The summed E-state index contributed by atoms with van der Waals surface area (Å²) < 4.78 is 5.18. The number of rotatable bonds is 2. The van der Waals surface area contributed by atoms with Gasteiger partial charge in [-0.15, -0.1) is 0 Å². The summed E-state index contributed by atoms with van der Waals surface area (Å²) in [6, 6.07) is 7.33. The van der Waals surface area contributed by atoms with Crippen molar-refractivity contribution < 1.29 is 14.6 Å². The maximum absolute atomic E-state index is 11.6. The summed E-state index contributed by atoms with van der Waals surface area (Å²) >= 11 is 0. The lowest BCUT2D eigenvalue weighted by Crippen LogP contribution is -2.51. The van der Waals surface area contributed by atoms with Gasteiger partial charge in [0.25, 0.3) is 0 Å². The van der Waals surface area contributed by atoms with Crippen molar-refractivity contribution in [3.8, 4) is 0 Å². The SMILES string of the molecule is CC(C)(C)OC(=O)Nc1ccc(C2(N)CC(O)C2)cc1. The lowest BCUT2D eigenvalue weighted by Gasteiger charge is -2.42. The summed E-state index contributed by atoms with van der Waals surface area (Å²) in [5.74, 6) is 0. The van der Waals surface area contributed by atoms with Gasteiger partial charge in [0.1, 0.15) is 5.60 Å². The van der Waals surface area contributed by atoms with E-state index < -0.39 is 17.2 Å². The van der Waals surface area contributed by atoms with Crippen molar-refractivity contribution in [3.05, 3.63) is 29.8 Å². The molecule has 0 heterocycles. The van der Waals surface area contributed by atoms with E-state index in [1.54, 1.807) is 12.1 Å². The molecule has 0 saturated heterocycles. The van der Waals surface area contributed by atoms with Crippen molar-refractivity contribution in [2.75, 3.05) is 5.32 Å². The number of aliphatic hydroxyl groups is 1. The number of hydrogen-bond donors (Lipinski definition) is 3. The van der Waals surface area contributed by atoms with E-state index in [0.717, 1.165) is 5.56 Å². The molecule has 0 spiro atoms. The maximum atomic E-state index is 11.6. The first-order valence-electron chi connectivity index (χ1n) is 6.75. The highest BCUT2D eigenvalue weighted by Crippen LogP contribution is 2.39. The third kappa shape index (κ3) is 3.49. The highest BCUT2D eigenvalue weighted by Gasteiger charge is 2.41. The topological polar surface area (TPSA) is 84.6 Å². The van der Waals surface area contributed by atoms with Gasteiger partial charge in [-0.1, -0.05) is 12.1 Å². The molecule has 5 heteroatoms. The van der Waals surface area contributed by atoms with Crippen LogP contribution in [0, 0.1) is 0 Å². The van der Waals surface area contributed by atoms with E-state index in [4.69, 9.17) is 10.5 Å². The number of hydrogen-bond acceptors (Lipinski definition) is 4. The Kier molecular flexibility index (Phi) is 3.75. The molecule has 1 aliphatic carbocycles. The zero-order valence-corrected chi connectivity index (χ0v) is 12.1. The van der Waals surface area contributed by atoms with Crippen LogP contribution in [0.1, 0.15) is 39.2 Å². The number of anilines is 1. The molecule has 110 valence electrons. The van der Waals surface area contributed by atoms with E-state index in [1.807, 2.05) is 32.9 Å². The molecule has 0 atom stereocenters. The third-order valence-corrected chi connectivity index (χ3v) is 3.30. The Bertz CT molecular complexity index is 485. The average molecular weight is 278 g/mol. The molecule has 4 N–H and O–H groups in total. The van der Waals surface area contributed by atoms with Gasteiger partial charge in [-0.25, -0.2) is 4.79 Å². The van der Waals surface area contributed by atoms with Crippen molar-refractivity contribution in [2.45, 2.75) is 50.9 Å². The lowest BCUT2D eigenvalue weighted by atomic mass is 9.71. The van der Waals surface area contributed by atoms with Crippen LogP contribution < -0.4 is 11.1 Å². The Morgan fingerprint density at radius 2 is 1.90 bits per heavy atom. The number of nitrogens with two attached hydrogens (primary N) is 1. The van der Waals surface area contributed by atoms with Crippen molar-refractivity contribution in [1.29, 1.82) is 0 Å². The van der Waals surface area contributed by atoms with Gasteiger partial charge in [0.2, 0.25) is 0 Å². The molecule has 0 unspecified atom stereocenters. The number of carbonyl (C=O) groups excluding carboxylic acids is 1. The fraction of sp³-hybridized carbons (Fsp3) is 0.533. The normalized spacial score (nSPS) is 25.8. The predicted molar refractivity (Wildman–Crippen MR) is 77.4 cm³/mol. The number of aliphatic hydroxyl groups excluding tert-OH is 1. The molecule has 1 aromatic carbocycles. The quantitative estimate of drug-likeness (QED) is 0.775. The summed E-state index contributed by atoms with van der Waals surface area (Å²) in [6.45, 7) is 5.45. The Morgan fingerprint density at radius 3 is 2.35 bits per heavy atom. The second-order valence-electron chi connectivity index (χ2n) is 6.42. The van der Waals surface area contributed by atoms with Crippen molar-refractivity contribution in [3.63, 3.8) is 0 Å². The summed E-state index contributed by atoms with van der Waals surface area (Å²) in [6.07, 6.45) is 0.365. The molecular weight excluding hydrogens is 256 g/mol. The van der Waals surface area contributed by atoms with E-state index in [9.17, 15) is 9.90 Å². The van der Waals surface area contributed by atoms with E-state index in [1.165, 1.54) is 0 Å². The number of benzene rings is 1. The molecule has 20 heavy (non-hydrogen) atoms. The van der Waals surface area contributed by atoms with Crippen LogP contribution in [0.15, 0.2) is 24.3 Å². The van der Waals surface area contributed by atoms with Gasteiger partial charge < -0.3 is 15.6 Å². The van der Waals surface area contributed by atoms with E-state index in [2.05, 4.69) is 5.32 Å². The Balaban J connectivity index is 1.97. The van der Waals surface area contributed by atoms with Gasteiger partial charge in [0.15, 0.2) is 0 Å². The monoisotopic (exact) mass is 278 g/mol. The summed E-state index contributed by atoms with van der Waals surface area (Å²) in [4.78, 5) is 11.6. The highest BCUT2D eigenvalue weighted by molar-refractivity contribution is 5.84. The van der Waals surface area contributed by atoms with Crippen LogP contribution in [-0.2, 0) is 10.3 Å². The van der Waals surface area contributed by atoms with Crippen LogP contribution in [0.25, 0.3) is 0 Å². The fourth-order valence-corrected chi connectivity index (χ4v) is 2.32. The zero-order valence-electron chi connectivity index (χ0n) is 12.1. The lowest BCUT2D eigenvalue weighted by molar-refractivity contribution is 0.0209. The second kappa shape index (κ2) is 5.07. The van der Waals surface area contributed by atoms with Crippen molar-refractivity contribution in [2.24, 2.45) is 5.73 Å². The van der Waals surface area contributed by atoms with Crippen LogP contribution in [0.2, 0.25) is 0 Å². The first-order chi connectivity index (χ1) is 9.18. The number of carbonyl (C=O) groups is 1. The smallest absolute Gasteiger partial charge is 0.412 e. The van der Waals surface area contributed by atoms with Crippen LogP contribution >= 0.6 is 0 Å². The molecule has 1 saturated carbocycles. The van der Waals surface area contributed by atoms with E-state index in [-0.39, 0.29) is 6.10 Å². The van der Waals surface area contributed by atoms with Crippen LogP contribution in [-0.4, -0.2) is 22.9 Å². The van der Waals surface area contributed by atoms with Crippen molar-refractivity contribution >= 4 is 11.8 Å². The van der Waals surface area contributed by atoms with Crippen LogP contribution in [0.3, 0.4) is 0 Å². The molecule has 1 aromatic rings. The second-order valence-corrected chi connectivity index (χ2v) is 6.42. The first-order valence-corrected chi connectivity index (χ1v) is 6.75. The number of nitrogens with one attached hydrogen (secondary N) is 1. The van der Waals surface area contributed by atoms with Crippen LogP contribution in [0.5, 0.6) is 0 Å². The standard InChI is InChI=1S/C15H22N2O3/c1-14(2,3)20-13(19)17-11-6-4-10(5-7-11)15(16)8-12(18)9-15/h4-7,12,18H,8-9,16H2,1-3H3,(H,17,19). The molecule has 1 fully saturated rings. The third-order valence-electron chi connectivity index (χ3n) is 3.30. The molecule has 0 radical (unpaired) electrons. The molecular formula is C15H22N2O3. The maximum Gasteiger partial charge on any atom is 0.412 e. The Morgan fingerprint density at radius 1 is 1.35 bits per heavy atom. The van der Waals surface area contributed by atoms with Crippen molar-refractivity contribution in [1.82, 2.24) is 0 Å². The molecule has 1 amide bonds. The van der Waals surface area contributed by atoms with E-state index >= 15 is 0 Å². The highest BCUT2D eigenvalue weighted by atomic mass is 16.6. The minimum Gasteiger partial charge on any atom is -0.444 e. The summed E-state index contributed by atoms with van der Waals surface area (Å²) in [5, 5.41) is 12.0. The summed E-state index contributed by atoms with van der Waals surface area (Å²) in [5.41, 5.74) is 6.84. The van der Waals surface area contributed by atoms with Gasteiger partial charge in [0, 0.05) is 11.2 Å². The molecule has 0 aromatic heterocycles. The largest absolute Gasteiger partial charge is 0.444 e. The zero-order chi connectivity index (χ0) is 15.0. The number of ether oxygens (including phenoxy) is 1. The van der Waals surface area contributed by atoms with Gasteiger partial charge in [-0.2, -0.15) is 0 Å². The molecule has 0 aliphatic heterocycles. The first kappa shape index (κ1) is 14.8. The molecule has 1 aliphatic rings. The molecule has 5 nitrogen and oxygen atoms in total. The molecule has 2 rings (SSSR count). The Labute approximate surface area is 119 Å². The average Bonchev–Trinajstić information content (AvgIpc) is 2.25. The van der Waals surface area contributed by atoms with Gasteiger partial charge >= 0.3 is 6.09 Å². The Hall–Kier alpha value is -1.59. The minimum absolute atomic E-state index is 0.306. The van der Waals surface area contributed by atoms with Gasteiger partial charge in [0.05, 0.1) is 6.10 Å². The van der Waals surface area contributed by atoms with Crippen LogP contribution in [0.4, 0.5) is 10.5 Å². The minimum atomic E-state index is -0.520. The number of amides is 1. The van der Waals surface area contributed by atoms with Gasteiger partial charge in [-0.3, -0.25) is 5.32 Å². The fourth-order valence-electron chi connectivity index (χ4n) is 2.32. The van der Waals surface area contributed by atoms with E-state index in [0.29, 0.717) is 18.5 Å². The summed E-state index contributed by atoms with van der Waals surface area (Å²) in [7, 11) is 0.